The van der Waals surface area contributed by atoms with E-state index in [-0.39, 0.29) is 11.4 Å². The number of rotatable bonds is 6. The molecule has 5 nitrogen and oxygen atoms in total. The van der Waals surface area contributed by atoms with Crippen molar-refractivity contribution in [2.75, 3.05) is 13.1 Å². The lowest BCUT2D eigenvalue weighted by atomic mass is 9.85. The Morgan fingerprint density at radius 3 is 2.67 bits per heavy atom. The van der Waals surface area contributed by atoms with Gasteiger partial charge >= 0.3 is 6.03 Å². The van der Waals surface area contributed by atoms with E-state index in [4.69, 9.17) is 5.26 Å². The van der Waals surface area contributed by atoms with Crippen LogP contribution in [0.3, 0.4) is 0 Å². The average molecular weight is 322 g/mol. The SMILES string of the molecule is CC(C)(CNC(=O)NCCc1cccc(C#N)c1)c1ccncc1. The Kier molecular flexibility index (Phi) is 5.91. The van der Waals surface area contributed by atoms with Crippen molar-refractivity contribution in [1.82, 2.24) is 15.6 Å². The smallest absolute Gasteiger partial charge is 0.314 e. The Morgan fingerprint density at radius 2 is 1.96 bits per heavy atom. The topological polar surface area (TPSA) is 77.8 Å². The normalized spacial score (nSPS) is 10.7. The monoisotopic (exact) mass is 322 g/mol. The highest BCUT2D eigenvalue weighted by Gasteiger charge is 2.21. The molecular formula is C19H22N4O. The number of pyridine rings is 1. The van der Waals surface area contributed by atoms with E-state index in [0.29, 0.717) is 25.1 Å². The molecule has 0 fully saturated rings. The number of hydrogen-bond acceptors (Lipinski definition) is 3. The van der Waals surface area contributed by atoms with Gasteiger partial charge in [-0.15, -0.1) is 0 Å². The van der Waals surface area contributed by atoms with Crippen LogP contribution in [0.25, 0.3) is 0 Å². The van der Waals surface area contributed by atoms with Crippen molar-refractivity contribution in [2.45, 2.75) is 25.7 Å². The van der Waals surface area contributed by atoms with Gasteiger partial charge in [-0.25, -0.2) is 4.79 Å². The third-order valence-corrected chi connectivity index (χ3v) is 3.91. The molecule has 0 saturated heterocycles. The van der Waals surface area contributed by atoms with Crippen LogP contribution in [0.15, 0.2) is 48.8 Å². The fraction of sp³-hybridized carbons (Fsp3) is 0.316. The molecule has 0 aliphatic rings. The zero-order valence-electron chi connectivity index (χ0n) is 14.0. The Bertz CT molecular complexity index is 720. The van der Waals surface area contributed by atoms with Gasteiger partial charge in [-0.1, -0.05) is 26.0 Å². The first-order chi connectivity index (χ1) is 11.5. The summed E-state index contributed by atoms with van der Waals surface area (Å²) in [5.41, 5.74) is 2.63. The number of nitrogens with one attached hydrogen (secondary N) is 2. The van der Waals surface area contributed by atoms with Crippen LogP contribution in [-0.4, -0.2) is 24.1 Å². The van der Waals surface area contributed by atoms with E-state index < -0.39 is 0 Å². The summed E-state index contributed by atoms with van der Waals surface area (Å²) in [6.45, 7) is 5.22. The second kappa shape index (κ2) is 8.11. The number of carbonyl (C=O) groups excluding carboxylic acids is 1. The summed E-state index contributed by atoms with van der Waals surface area (Å²) >= 11 is 0. The first kappa shape index (κ1) is 17.5. The van der Waals surface area contributed by atoms with Gasteiger partial charge in [0.2, 0.25) is 0 Å². The van der Waals surface area contributed by atoms with Crippen LogP contribution in [0.2, 0.25) is 0 Å². The minimum atomic E-state index is -0.187. The predicted molar refractivity (Wildman–Crippen MR) is 93.5 cm³/mol. The molecule has 2 rings (SSSR count). The molecule has 0 saturated carbocycles. The first-order valence-corrected chi connectivity index (χ1v) is 7.92. The van der Waals surface area contributed by atoms with Gasteiger partial charge in [0.05, 0.1) is 11.6 Å². The predicted octanol–water partition coefficient (Wildman–Crippen LogP) is 2.77. The summed E-state index contributed by atoms with van der Waals surface area (Å²) in [7, 11) is 0. The lowest BCUT2D eigenvalue weighted by Crippen LogP contribution is -2.42. The fourth-order valence-electron chi connectivity index (χ4n) is 2.39. The summed E-state index contributed by atoms with van der Waals surface area (Å²) in [6.07, 6.45) is 4.20. The maximum absolute atomic E-state index is 11.9. The molecule has 0 radical (unpaired) electrons. The minimum absolute atomic E-state index is 0.165. The standard InChI is InChI=1S/C19H22N4O/c1-19(2,17-7-9-21-10-8-17)14-23-18(24)22-11-6-15-4-3-5-16(12-15)13-20/h3-5,7-10,12H,6,11,14H2,1-2H3,(H2,22,23,24). The largest absolute Gasteiger partial charge is 0.338 e. The molecule has 2 amide bonds. The molecule has 0 spiro atoms. The van der Waals surface area contributed by atoms with Gasteiger partial charge < -0.3 is 10.6 Å². The Balaban J connectivity index is 1.76. The fourth-order valence-corrected chi connectivity index (χ4v) is 2.39. The van der Waals surface area contributed by atoms with Gasteiger partial charge in [0, 0.05) is 30.9 Å². The summed E-state index contributed by atoms with van der Waals surface area (Å²) < 4.78 is 0. The molecule has 2 aromatic rings. The molecule has 1 aromatic carbocycles. The molecule has 0 atom stereocenters. The van der Waals surface area contributed by atoms with Gasteiger partial charge in [-0.3, -0.25) is 4.98 Å². The Labute approximate surface area is 142 Å². The molecule has 0 unspecified atom stereocenters. The van der Waals surface area contributed by atoms with Gasteiger partial charge in [0.15, 0.2) is 0 Å². The lowest BCUT2D eigenvalue weighted by Gasteiger charge is -2.25. The zero-order chi connectivity index (χ0) is 17.4. The van der Waals surface area contributed by atoms with Crippen LogP contribution >= 0.6 is 0 Å². The quantitative estimate of drug-likeness (QED) is 0.858. The van der Waals surface area contributed by atoms with Crippen LogP contribution in [0, 0.1) is 11.3 Å². The van der Waals surface area contributed by atoms with E-state index >= 15 is 0 Å². The van der Waals surface area contributed by atoms with E-state index in [1.165, 1.54) is 0 Å². The molecule has 1 heterocycles. The molecule has 0 aliphatic carbocycles. The molecule has 24 heavy (non-hydrogen) atoms. The summed E-state index contributed by atoms with van der Waals surface area (Å²) in [5.74, 6) is 0. The Hall–Kier alpha value is -2.87. The van der Waals surface area contributed by atoms with Crippen molar-refractivity contribution in [1.29, 1.82) is 5.26 Å². The summed E-state index contributed by atoms with van der Waals surface area (Å²) in [5, 5.41) is 14.6. The average Bonchev–Trinajstić information content (AvgIpc) is 2.61. The van der Waals surface area contributed by atoms with Gasteiger partial charge in [0.1, 0.15) is 0 Å². The third kappa shape index (κ3) is 5.10. The molecule has 0 bridgehead atoms. The van der Waals surface area contributed by atoms with E-state index in [1.807, 2.05) is 30.3 Å². The van der Waals surface area contributed by atoms with Crippen LogP contribution < -0.4 is 10.6 Å². The molecular weight excluding hydrogens is 300 g/mol. The number of benzene rings is 1. The highest BCUT2D eigenvalue weighted by Crippen LogP contribution is 2.20. The van der Waals surface area contributed by atoms with Gasteiger partial charge in [-0.2, -0.15) is 5.26 Å². The zero-order valence-corrected chi connectivity index (χ0v) is 14.0. The Morgan fingerprint density at radius 1 is 1.21 bits per heavy atom. The van der Waals surface area contributed by atoms with Crippen LogP contribution in [0.1, 0.15) is 30.5 Å². The third-order valence-electron chi connectivity index (χ3n) is 3.91. The van der Waals surface area contributed by atoms with Crippen LogP contribution in [-0.2, 0) is 11.8 Å². The van der Waals surface area contributed by atoms with Crippen LogP contribution in [0.5, 0.6) is 0 Å². The van der Waals surface area contributed by atoms with E-state index in [1.54, 1.807) is 18.5 Å². The number of carbonyl (C=O) groups is 1. The van der Waals surface area contributed by atoms with E-state index in [2.05, 4.69) is 35.5 Å². The van der Waals surface area contributed by atoms with E-state index in [0.717, 1.165) is 11.1 Å². The molecule has 5 heteroatoms. The highest BCUT2D eigenvalue weighted by molar-refractivity contribution is 5.73. The maximum Gasteiger partial charge on any atom is 0.314 e. The van der Waals surface area contributed by atoms with Crippen LogP contribution in [0.4, 0.5) is 4.79 Å². The molecule has 2 N–H and O–H groups in total. The van der Waals surface area contributed by atoms with Crippen molar-refractivity contribution in [3.05, 3.63) is 65.5 Å². The maximum atomic E-state index is 11.9. The molecule has 124 valence electrons. The summed E-state index contributed by atoms with van der Waals surface area (Å²) in [4.78, 5) is 16.0. The van der Waals surface area contributed by atoms with Gasteiger partial charge in [-0.05, 0) is 41.8 Å². The number of aromatic nitrogens is 1. The van der Waals surface area contributed by atoms with E-state index in [9.17, 15) is 4.79 Å². The van der Waals surface area contributed by atoms with Crippen molar-refractivity contribution in [2.24, 2.45) is 0 Å². The summed E-state index contributed by atoms with van der Waals surface area (Å²) in [6, 6.07) is 13.3. The second-order valence-electron chi connectivity index (χ2n) is 6.29. The van der Waals surface area contributed by atoms with Crippen molar-refractivity contribution in [3.8, 4) is 6.07 Å². The number of nitriles is 1. The number of hydrogen-bond donors (Lipinski definition) is 2. The van der Waals surface area contributed by atoms with Gasteiger partial charge in [0.25, 0.3) is 0 Å². The number of nitrogens with zero attached hydrogens (tertiary/aromatic N) is 2. The first-order valence-electron chi connectivity index (χ1n) is 7.92. The molecule has 1 aromatic heterocycles. The lowest BCUT2D eigenvalue weighted by molar-refractivity contribution is 0.238. The van der Waals surface area contributed by atoms with Crippen molar-refractivity contribution < 1.29 is 4.79 Å². The van der Waals surface area contributed by atoms with Crippen molar-refractivity contribution >= 4 is 6.03 Å². The number of urea groups is 1. The highest BCUT2D eigenvalue weighted by atomic mass is 16.2. The van der Waals surface area contributed by atoms with Crippen molar-refractivity contribution in [3.63, 3.8) is 0 Å². The number of amides is 2. The second-order valence-corrected chi connectivity index (χ2v) is 6.29. The minimum Gasteiger partial charge on any atom is -0.338 e. The molecule has 0 aliphatic heterocycles.